The smallest absolute Gasteiger partial charge is 0.207 e. The molecule has 0 saturated carbocycles. The lowest BCUT2D eigenvalue weighted by molar-refractivity contribution is 0.495. The molecule has 100 valence electrons. The van der Waals surface area contributed by atoms with E-state index < -0.39 is 15.6 Å². The van der Waals surface area contributed by atoms with E-state index in [-0.39, 0.29) is 4.90 Å². The molecular weight excluding hydrogens is 284 g/mol. The molecular formula is C11H12N4O2S2. The first-order valence-corrected chi connectivity index (χ1v) is 7.80. The fourth-order valence-electron chi connectivity index (χ4n) is 1.52. The maximum Gasteiger partial charge on any atom is 0.244 e. The normalized spacial score (nSPS) is 15.0. The third kappa shape index (κ3) is 2.58. The van der Waals surface area contributed by atoms with E-state index in [1.54, 1.807) is 26.0 Å². The van der Waals surface area contributed by atoms with Crippen molar-refractivity contribution in [1.82, 2.24) is 13.5 Å². The Bertz CT molecular complexity index is 747. The van der Waals surface area contributed by atoms with Crippen LogP contribution in [0.3, 0.4) is 0 Å². The fraction of sp³-hybridized carbons (Fsp3) is 0.364. The largest absolute Gasteiger partial charge is 0.244 e. The summed E-state index contributed by atoms with van der Waals surface area (Å²) in [5.74, 6) is 0. The van der Waals surface area contributed by atoms with Gasteiger partial charge in [-0.2, -0.15) is 18.7 Å². The summed E-state index contributed by atoms with van der Waals surface area (Å²) >= 11 is 0.955. The predicted molar refractivity (Wildman–Crippen MR) is 72.0 cm³/mol. The summed E-state index contributed by atoms with van der Waals surface area (Å²) in [4.78, 5) is 0.0497. The molecule has 0 saturated heterocycles. The van der Waals surface area contributed by atoms with E-state index in [9.17, 15) is 8.42 Å². The Hall–Kier alpha value is -1.56. The van der Waals surface area contributed by atoms with Crippen LogP contribution in [0.1, 0.15) is 20.3 Å². The Balaban J connectivity index is 2.52. The molecule has 0 aliphatic heterocycles. The number of hydrogen-bond donors (Lipinski definition) is 1. The minimum Gasteiger partial charge on any atom is -0.207 e. The highest BCUT2D eigenvalue weighted by Gasteiger charge is 2.30. The zero-order chi connectivity index (χ0) is 14.1. The number of fused-ring (bicyclic) bond motifs is 1. The van der Waals surface area contributed by atoms with Crippen molar-refractivity contribution < 1.29 is 8.42 Å². The molecule has 1 heterocycles. The first-order valence-electron chi connectivity index (χ1n) is 5.58. The highest BCUT2D eigenvalue weighted by atomic mass is 32.2. The highest BCUT2D eigenvalue weighted by molar-refractivity contribution is 7.89. The van der Waals surface area contributed by atoms with Gasteiger partial charge in [-0.05, 0) is 25.5 Å². The van der Waals surface area contributed by atoms with E-state index in [0.717, 1.165) is 11.7 Å². The molecule has 0 spiro atoms. The number of nitrogens with one attached hydrogen (secondary N) is 1. The maximum absolute atomic E-state index is 12.4. The average Bonchev–Trinajstić information content (AvgIpc) is 2.85. The summed E-state index contributed by atoms with van der Waals surface area (Å²) in [7, 11) is -3.81. The second-order valence-electron chi connectivity index (χ2n) is 4.29. The van der Waals surface area contributed by atoms with Crippen LogP contribution in [-0.4, -0.2) is 22.7 Å². The monoisotopic (exact) mass is 296 g/mol. The SMILES string of the molecule is CCC(C)(C#N)NS(=O)(=O)c1cccc2nsnc12. The van der Waals surface area contributed by atoms with Crippen LogP contribution >= 0.6 is 11.7 Å². The Kier molecular flexibility index (Phi) is 3.54. The molecule has 1 N–H and O–H groups in total. The maximum atomic E-state index is 12.4. The molecule has 0 fully saturated rings. The van der Waals surface area contributed by atoms with Gasteiger partial charge in [0.15, 0.2) is 0 Å². The van der Waals surface area contributed by atoms with Crippen molar-refractivity contribution >= 4 is 32.8 Å². The zero-order valence-corrected chi connectivity index (χ0v) is 12.0. The van der Waals surface area contributed by atoms with E-state index in [2.05, 4.69) is 13.5 Å². The molecule has 1 aromatic carbocycles. The van der Waals surface area contributed by atoms with Crippen molar-refractivity contribution in [2.24, 2.45) is 0 Å². The minimum atomic E-state index is -3.81. The molecule has 1 aromatic heterocycles. The Morgan fingerprint density at radius 3 is 2.84 bits per heavy atom. The van der Waals surface area contributed by atoms with Gasteiger partial charge >= 0.3 is 0 Å². The van der Waals surface area contributed by atoms with Crippen LogP contribution in [0.2, 0.25) is 0 Å². The van der Waals surface area contributed by atoms with Gasteiger partial charge in [0.25, 0.3) is 0 Å². The fourth-order valence-corrected chi connectivity index (χ4v) is 3.69. The molecule has 0 radical (unpaired) electrons. The second kappa shape index (κ2) is 4.85. The van der Waals surface area contributed by atoms with E-state index in [1.807, 2.05) is 6.07 Å². The van der Waals surface area contributed by atoms with Crippen LogP contribution in [0.5, 0.6) is 0 Å². The van der Waals surface area contributed by atoms with E-state index in [1.165, 1.54) is 6.07 Å². The second-order valence-corrected chi connectivity index (χ2v) is 6.47. The minimum absolute atomic E-state index is 0.0497. The number of aromatic nitrogens is 2. The molecule has 0 amide bonds. The van der Waals surface area contributed by atoms with Crippen molar-refractivity contribution in [2.75, 3.05) is 0 Å². The molecule has 0 aliphatic carbocycles. The lowest BCUT2D eigenvalue weighted by Crippen LogP contribution is -2.44. The van der Waals surface area contributed by atoms with Gasteiger partial charge in [0, 0.05) is 0 Å². The molecule has 0 bridgehead atoms. The molecule has 1 atom stereocenters. The standard InChI is InChI=1S/C11H12N4O2S2/c1-3-11(2,7-12)15-19(16,17)9-6-4-5-8-10(9)14-18-13-8/h4-6,15H,3H2,1-2H3. The van der Waals surface area contributed by atoms with E-state index in [0.29, 0.717) is 17.5 Å². The zero-order valence-electron chi connectivity index (χ0n) is 10.4. The lowest BCUT2D eigenvalue weighted by atomic mass is 10.0. The average molecular weight is 296 g/mol. The third-order valence-electron chi connectivity index (χ3n) is 2.85. The molecule has 1 unspecified atom stereocenters. The first-order chi connectivity index (χ1) is 8.92. The summed E-state index contributed by atoms with van der Waals surface area (Å²) in [5.41, 5.74) is -0.274. The Morgan fingerprint density at radius 2 is 2.21 bits per heavy atom. The van der Waals surface area contributed by atoms with Crippen LogP contribution < -0.4 is 4.72 Å². The van der Waals surface area contributed by atoms with Crippen molar-refractivity contribution in [2.45, 2.75) is 30.7 Å². The number of nitrogens with zero attached hydrogens (tertiary/aromatic N) is 3. The Morgan fingerprint density at radius 1 is 1.47 bits per heavy atom. The topological polar surface area (TPSA) is 95.7 Å². The van der Waals surface area contributed by atoms with Crippen molar-refractivity contribution in [3.05, 3.63) is 18.2 Å². The summed E-state index contributed by atoms with van der Waals surface area (Å²) in [6.45, 7) is 3.29. The molecule has 2 aromatic rings. The molecule has 19 heavy (non-hydrogen) atoms. The van der Waals surface area contributed by atoms with Crippen molar-refractivity contribution in [3.8, 4) is 6.07 Å². The van der Waals surface area contributed by atoms with Gasteiger partial charge in [-0.25, -0.2) is 8.42 Å². The number of benzene rings is 1. The van der Waals surface area contributed by atoms with Crippen molar-refractivity contribution in [3.63, 3.8) is 0 Å². The summed E-state index contributed by atoms with van der Waals surface area (Å²) in [5, 5.41) is 9.07. The number of nitriles is 1. The number of sulfonamides is 1. The molecule has 8 heteroatoms. The summed E-state index contributed by atoms with van der Waals surface area (Å²) in [6, 6.07) is 6.73. The van der Waals surface area contributed by atoms with E-state index >= 15 is 0 Å². The quantitative estimate of drug-likeness (QED) is 0.925. The highest BCUT2D eigenvalue weighted by Crippen LogP contribution is 2.22. The van der Waals surface area contributed by atoms with Crippen LogP contribution in [0.4, 0.5) is 0 Å². The molecule has 0 aliphatic rings. The van der Waals surface area contributed by atoms with Crippen molar-refractivity contribution in [1.29, 1.82) is 5.26 Å². The van der Waals surface area contributed by atoms with Crippen LogP contribution in [0.25, 0.3) is 11.0 Å². The molecule has 2 rings (SSSR count). The Labute approximate surface area is 115 Å². The van der Waals surface area contributed by atoms with Gasteiger partial charge in [0.2, 0.25) is 10.0 Å². The summed E-state index contributed by atoms with van der Waals surface area (Å²) in [6.07, 6.45) is 0.369. The van der Waals surface area contributed by atoms with Gasteiger partial charge in [-0.1, -0.05) is 13.0 Å². The number of hydrogen-bond acceptors (Lipinski definition) is 6. The van der Waals surface area contributed by atoms with Crippen LogP contribution in [-0.2, 0) is 10.0 Å². The first kappa shape index (κ1) is 13.9. The third-order valence-corrected chi connectivity index (χ3v) is 5.02. The van der Waals surface area contributed by atoms with Crippen LogP contribution in [0, 0.1) is 11.3 Å². The molecule has 6 nitrogen and oxygen atoms in total. The summed E-state index contributed by atoms with van der Waals surface area (Å²) < 4.78 is 35.1. The number of rotatable bonds is 4. The van der Waals surface area contributed by atoms with Gasteiger partial charge in [0.1, 0.15) is 21.5 Å². The van der Waals surface area contributed by atoms with Gasteiger partial charge < -0.3 is 0 Å². The van der Waals surface area contributed by atoms with Gasteiger partial charge in [-0.15, -0.1) is 0 Å². The lowest BCUT2D eigenvalue weighted by Gasteiger charge is -2.21. The van der Waals surface area contributed by atoms with E-state index in [4.69, 9.17) is 5.26 Å². The van der Waals surface area contributed by atoms with Gasteiger partial charge in [0.05, 0.1) is 17.8 Å². The van der Waals surface area contributed by atoms with Crippen LogP contribution in [0.15, 0.2) is 23.1 Å². The predicted octanol–water partition coefficient (Wildman–Crippen LogP) is 1.66. The van der Waals surface area contributed by atoms with Gasteiger partial charge in [-0.3, -0.25) is 0 Å².